The van der Waals surface area contributed by atoms with E-state index in [1.807, 2.05) is 0 Å². The Kier molecular flexibility index (Phi) is 7.55. The second-order valence-electron chi connectivity index (χ2n) is 4.66. The first-order valence-electron chi connectivity index (χ1n) is 7.14. The summed E-state index contributed by atoms with van der Waals surface area (Å²) in [6.45, 7) is 4.31. The van der Waals surface area contributed by atoms with Crippen LogP contribution in [0.25, 0.3) is 0 Å². The van der Waals surface area contributed by atoms with Crippen molar-refractivity contribution in [3.63, 3.8) is 0 Å². The number of esters is 1. The van der Waals surface area contributed by atoms with Gasteiger partial charge in [0, 0.05) is 0 Å². The second kappa shape index (κ2) is 9.23. The van der Waals surface area contributed by atoms with E-state index < -0.39 is 6.10 Å². The Bertz CT molecular complexity index is 386. The predicted octanol–water partition coefficient (Wildman–Crippen LogP) is 3.59. The van der Waals surface area contributed by atoms with E-state index >= 15 is 0 Å². The number of unbranched alkanes of at least 4 members (excludes halogenated alkanes) is 3. The lowest BCUT2D eigenvalue weighted by Gasteiger charge is -2.14. The van der Waals surface area contributed by atoms with Gasteiger partial charge < -0.3 is 14.2 Å². The number of carbonyl (C=O) groups excluding carboxylic acids is 1. The lowest BCUT2D eigenvalue weighted by molar-refractivity contribution is -0.151. The van der Waals surface area contributed by atoms with Gasteiger partial charge in [-0.2, -0.15) is 0 Å². The Morgan fingerprint density at radius 3 is 2.35 bits per heavy atom. The van der Waals surface area contributed by atoms with Crippen LogP contribution in [0.15, 0.2) is 24.3 Å². The number of carbonyl (C=O) groups is 1. The van der Waals surface area contributed by atoms with E-state index in [1.165, 1.54) is 12.8 Å². The van der Waals surface area contributed by atoms with Crippen LogP contribution in [0.5, 0.6) is 11.5 Å². The van der Waals surface area contributed by atoms with Gasteiger partial charge in [-0.05, 0) is 37.6 Å². The topological polar surface area (TPSA) is 44.8 Å². The molecule has 0 N–H and O–H groups in total. The normalized spacial score (nSPS) is 11.8. The summed E-state index contributed by atoms with van der Waals surface area (Å²) >= 11 is 0. The van der Waals surface area contributed by atoms with Crippen molar-refractivity contribution in [2.75, 3.05) is 13.7 Å². The first-order valence-corrected chi connectivity index (χ1v) is 7.14. The fourth-order valence-corrected chi connectivity index (χ4v) is 1.73. The summed E-state index contributed by atoms with van der Waals surface area (Å²) in [5, 5.41) is 0. The Labute approximate surface area is 121 Å². The molecule has 4 nitrogen and oxygen atoms in total. The van der Waals surface area contributed by atoms with Gasteiger partial charge in [-0.1, -0.05) is 26.2 Å². The van der Waals surface area contributed by atoms with Crippen LogP contribution >= 0.6 is 0 Å². The van der Waals surface area contributed by atoms with Crippen LogP contribution in [-0.4, -0.2) is 25.8 Å². The molecule has 0 aliphatic rings. The molecule has 1 atom stereocenters. The van der Waals surface area contributed by atoms with Crippen LogP contribution in [0.1, 0.15) is 39.5 Å². The minimum Gasteiger partial charge on any atom is -0.497 e. The van der Waals surface area contributed by atoms with Crippen molar-refractivity contribution in [2.45, 2.75) is 45.6 Å². The molecule has 1 rings (SSSR count). The molecule has 0 spiro atoms. The molecule has 0 fully saturated rings. The lowest BCUT2D eigenvalue weighted by Crippen LogP contribution is -2.26. The molecular formula is C16H24O4. The van der Waals surface area contributed by atoms with E-state index in [0.717, 1.165) is 18.6 Å². The molecule has 0 heterocycles. The van der Waals surface area contributed by atoms with Gasteiger partial charge in [0.2, 0.25) is 0 Å². The number of hydrogen-bond acceptors (Lipinski definition) is 4. The first-order chi connectivity index (χ1) is 9.67. The summed E-state index contributed by atoms with van der Waals surface area (Å²) < 4.78 is 15.8. The summed E-state index contributed by atoms with van der Waals surface area (Å²) in [5.74, 6) is 1.06. The third-order valence-electron chi connectivity index (χ3n) is 2.95. The first kappa shape index (κ1) is 16.3. The number of rotatable bonds is 9. The fraction of sp³-hybridized carbons (Fsp3) is 0.562. The van der Waals surface area contributed by atoms with Gasteiger partial charge in [-0.3, -0.25) is 0 Å². The molecule has 1 aromatic carbocycles. The molecule has 112 valence electrons. The largest absolute Gasteiger partial charge is 0.497 e. The van der Waals surface area contributed by atoms with Crippen LogP contribution in [0, 0.1) is 0 Å². The quantitative estimate of drug-likeness (QED) is 0.512. The summed E-state index contributed by atoms with van der Waals surface area (Å²) in [5.41, 5.74) is 0. The minimum absolute atomic E-state index is 0.322. The van der Waals surface area contributed by atoms with E-state index in [0.29, 0.717) is 12.4 Å². The maximum atomic E-state index is 11.7. The molecule has 1 aromatic rings. The van der Waals surface area contributed by atoms with Gasteiger partial charge in [-0.15, -0.1) is 0 Å². The Hall–Kier alpha value is -1.71. The summed E-state index contributed by atoms with van der Waals surface area (Å²) in [4.78, 5) is 11.7. The van der Waals surface area contributed by atoms with E-state index in [1.54, 1.807) is 38.3 Å². The molecule has 20 heavy (non-hydrogen) atoms. The third-order valence-corrected chi connectivity index (χ3v) is 2.95. The summed E-state index contributed by atoms with van der Waals surface area (Å²) in [6, 6.07) is 7.12. The standard InChI is InChI=1S/C16H24O4/c1-4-5-6-7-12-19-16(17)13(2)20-15-10-8-14(18-3)9-11-15/h8-11,13H,4-7,12H2,1-3H3. The Morgan fingerprint density at radius 2 is 1.75 bits per heavy atom. The highest BCUT2D eigenvalue weighted by Gasteiger charge is 2.16. The number of hydrogen-bond donors (Lipinski definition) is 0. The van der Waals surface area contributed by atoms with Crippen molar-refractivity contribution in [1.82, 2.24) is 0 Å². The van der Waals surface area contributed by atoms with Crippen molar-refractivity contribution in [2.24, 2.45) is 0 Å². The van der Waals surface area contributed by atoms with E-state index in [-0.39, 0.29) is 5.97 Å². The summed E-state index contributed by atoms with van der Waals surface area (Å²) in [7, 11) is 1.61. The highest BCUT2D eigenvalue weighted by molar-refractivity contribution is 5.74. The molecular weight excluding hydrogens is 256 g/mol. The lowest BCUT2D eigenvalue weighted by atomic mass is 10.2. The van der Waals surface area contributed by atoms with E-state index in [2.05, 4.69) is 6.92 Å². The number of methoxy groups -OCH3 is 1. The molecule has 4 heteroatoms. The van der Waals surface area contributed by atoms with Crippen LogP contribution in [0.3, 0.4) is 0 Å². The van der Waals surface area contributed by atoms with Crippen LogP contribution in [0.2, 0.25) is 0 Å². The number of benzene rings is 1. The van der Waals surface area contributed by atoms with Gasteiger partial charge >= 0.3 is 5.97 Å². The van der Waals surface area contributed by atoms with Gasteiger partial charge in [0.1, 0.15) is 11.5 Å². The highest BCUT2D eigenvalue weighted by atomic mass is 16.6. The van der Waals surface area contributed by atoms with Crippen molar-refractivity contribution in [1.29, 1.82) is 0 Å². The third kappa shape index (κ3) is 5.95. The molecule has 0 aliphatic carbocycles. The van der Waals surface area contributed by atoms with Crippen LogP contribution < -0.4 is 9.47 Å². The molecule has 0 amide bonds. The van der Waals surface area contributed by atoms with Crippen molar-refractivity contribution < 1.29 is 19.0 Å². The Balaban J connectivity index is 2.29. The molecule has 0 aliphatic heterocycles. The SMILES string of the molecule is CCCCCCOC(=O)C(C)Oc1ccc(OC)cc1. The minimum atomic E-state index is -0.602. The molecule has 0 saturated carbocycles. The molecule has 0 aromatic heterocycles. The van der Waals surface area contributed by atoms with Gasteiger partial charge in [0.15, 0.2) is 6.10 Å². The van der Waals surface area contributed by atoms with E-state index in [4.69, 9.17) is 14.2 Å². The van der Waals surface area contributed by atoms with E-state index in [9.17, 15) is 4.79 Å². The number of ether oxygens (including phenoxy) is 3. The van der Waals surface area contributed by atoms with Crippen LogP contribution in [0.4, 0.5) is 0 Å². The zero-order chi connectivity index (χ0) is 14.8. The monoisotopic (exact) mass is 280 g/mol. The molecule has 0 saturated heterocycles. The van der Waals surface area contributed by atoms with Crippen molar-refractivity contribution >= 4 is 5.97 Å². The maximum Gasteiger partial charge on any atom is 0.347 e. The average Bonchev–Trinajstić information content (AvgIpc) is 2.47. The highest BCUT2D eigenvalue weighted by Crippen LogP contribution is 2.18. The zero-order valence-electron chi connectivity index (χ0n) is 12.6. The van der Waals surface area contributed by atoms with Gasteiger partial charge in [-0.25, -0.2) is 4.79 Å². The van der Waals surface area contributed by atoms with Crippen molar-refractivity contribution in [3.05, 3.63) is 24.3 Å². The smallest absolute Gasteiger partial charge is 0.347 e. The second-order valence-corrected chi connectivity index (χ2v) is 4.66. The predicted molar refractivity (Wildman–Crippen MR) is 78.2 cm³/mol. The molecule has 0 bridgehead atoms. The molecule has 1 unspecified atom stereocenters. The summed E-state index contributed by atoms with van der Waals surface area (Å²) in [6.07, 6.45) is 3.75. The maximum absolute atomic E-state index is 11.7. The molecule has 0 radical (unpaired) electrons. The average molecular weight is 280 g/mol. The van der Waals surface area contributed by atoms with Gasteiger partial charge in [0.25, 0.3) is 0 Å². The zero-order valence-corrected chi connectivity index (χ0v) is 12.6. The fourth-order valence-electron chi connectivity index (χ4n) is 1.73. The van der Waals surface area contributed by atoms with Gasteiger partial charge in [0.05, 0.1) is 13.7 Å². The van der Waals surface area contributed by atoms with Crippen LogP contribution in [-0.2, 0) is 9.53 Å². The Morgan fingerprint density at radius 1 is 1.10 bits per heavy atom. The van der Waals surface area contributed by atoms with Crippen molar-refractivity contribution in [3.8, 4) is 11.5 Å².